The predicted molar refractivity (Wildman–Crippen MR) is 103 cm³/mol. The molecule has 1 aliphatic rings. The molecular weight excluding hydrogens is 316 g/mol. The Labute approximate surface area is 143 Å². The van der Waals surface area contributed by atoms with Crippen LogP contribution in [-0.4, -0.2) is 17.3 Å². The normalized spacial score (nSPS) is 18.3. The highest BCUT2D eigenvalue weighted by Crippen LogP contribution is 2.34. The predicted octanol–water partition coefficient (Wildman–Crippen LogP) is 5.01. The van der Waals surface area contributed by atoms with Gasteiger partial charge in [0.05, 0.1) is 10.6 Å². The van der Waals surface area contributed by atoms with Gasteiger partial charge in [0.15, 0.2) is 0 Å². The summed E-state index contributed by atoms with van der Waals surface area (Å²) in [6, 6.07) is 15.4. The molecule has 1 atom stereocenters. The third-order valence-corrected chi connectivity index (χ3v) is 5.75. The summed E-state index contributed by atoms with van der Waals surface area (Å²) in [7, 11) is -2.56. The number of hydrogen-bond acceptors (Lipinski definition) is 3. The molecule has 122 valence electrons. The fourth-order valence-electron chi connectivity index (χ4n) is 2.63. The van der Waals surface area contributed by atoms with Crippen LogP contribution in [-0.2, 0) is 9.73 Å². The monoisotopic (exact) mass is 336 g/mol. The summed E-state index contributed by atoms with van der Waals surface area (Å²) in [6.07, 6.45) is 5.60. The first-order chi connectivity index (χ1) is 11.7. The molecule has 0 saturated carbocycles. The van der Waals surface area contributed by atoms with Crippen LogP contribution in [0.25, 0.3) is 6.08 Å². The Bertz CT molecular complexity index is 896. The highest BCUT2D eigenvalue weighted by Gasteiger charge is 2.16. The van der Waals surface area contributed by atoms with Gasteiger partial charge >= 0.3 is 0 Å². The highest BCUT2D eigenvalue weighted by atomic mass is 32.2. The Morgan fingerprint density at radius 3 is 2.42 bits per heavy atom. The van der Waals surface area contributed by atoms with Gasteiger partial charge in [0, 0.05) is 29.7 Å². The fourth-order valence-corrected chi connectivity index (χ4v) is 4.29. The van der Waals surface area contributed by atoms with Crippen molar-refractivity contribution in [1.29, 1.82) is 0 Å². The van der Waals surface area contributed by atoms with Gasteiger partial charge in [0.1, 0.15) is 9.73 Å². The summed E-state index contributed by atoms with van der Waals surface area (Å²) in [4.78, 5) is 2.87. The quantitative estimate of drug-likeness (QED) is 0.695. The molecule has 0 unspecified atom stereocenters. The van der Waals surface area contributed by atoms with E-state index in [1.165, 1.54) is 0 Å². The van der Waals surface area contributed by atoms with E-state index in [1.807, 2.05) is 66.8 Å². The minimum absolute atomic E-state index is 0.717. The lowest BCUT2D eigenvalue weighted by molar-refractivity contribution is 0.682. The number of benzene rings is 2. The van der Waals surface area contributed by atoms with Gasteiger partial charge in [-0.25, -0.2) is 4.21 Å². The van der Waals surface area contributed by atoms with Crippen molar-refractivity contribution in [3.8, 4) is 0 Å². The van der Waals surface area contributed by atoms with Crippen molar-refractivity contribution in [2.45, 2.75) is 4.90 Å². The molecule has 0 N–H and O–H groups in total. The Hall–Kier alpha value is -2.59. The van der Waals surface area contributed by atoms with Crippen LogP contribution in [0.3, 0.4) is 0 Å². The Kier molecular flexibility index (Phi) is 4.67. The molecule has 1 heterocycles. The number of nitrogens with zero attached hydrogens (tertiary/aromatic N) is 2. The summed E-state index contributed by atoms with van der Waals surface area (Å²) in [5, 5.41) is 1.70. The molecule has 0 fully saturated rings. The average Bonchev–Trinajstić information content (AvgIpc) is 2.62. The fraction of sp³-hybridized carbons (Fsp3) is 0.100. The molecule has 4 heteroatoms. The van der Waals surface area contributed by atoms with Gasteiger partial charge in [-0.15, -0.1) is 13.2 Å². The van der Waals surface area contributed by atoms with Crippen molar-refractivity contribution >= 4 is 27.2 Å². The van der Waals surface area contributed by atoms with Gasteiger partial charge in [0.2, 0.25) is 0 Å². The van der Waals surface area contributed by atoms with Crippen LogP contribution in [0, 0.1) is 0 Å². The molecule has 0 bridgehead atoms. The van der Waals surface area contributed by atoms with Crippen LogP contribution in [0.2, 0.25) is 0 Å². The van der Waals surface area contributed by atoms with E-state index in [1.54, 1.807) is 5.41 Å². The zero-order valence-corrected chi connectivity index (χ0v) is 14.3. The minimum atomic E-state index is -2.56. The molecule has 0 saturated heterocycles. The van der Waals surface area contributed by atoms with E-state index >= 15 is 0 Å². The molecule has 0 aliphatic carbocycles. The summed E-state index contributed by atoms with van der Waals surface area (Å²) in [6.45, 7) is 9.04. The van der Waals surface area contributed by atoms with Gasteiger partial charge in [0.25, 0.3) is 0 Å². The average molecular weight is 336 g/mol. The third-order valence-electron chi connectivity index (χ3n) is 3.83. The van der Waals surface area contributed by atoms with Crippen LogP contribution < -0.4 is 4.90 Å². The molecule has 1 aliphatic heterocycles. The highest BCUT2D eigenvalue weighted by molar-refractivity contribution is 7.96. The first-order valence-corrected chi connectivity index (χ1v) is 9.35. The van der Waals surface area contributed by atoms with Crippen molar-refractivity contribution in [3.05, 3.63) is 84.8 Å². The second-order valence-corrected chi connectivity index (χ2v) is 7.56. The number of anilines is 1. The second kappa shape index (κ2) is 6.89. The van der Waals surface area contributed by atoms with Gasteiger partial charge in [-0.05, 0) is 30.3 Å². The van der Waals surface area contributed by atoms with E-state index in [0.29, 0.717) is 13.1 Å². The first-order valence-electron chi connectivity index (χ1n) is 7.77. The van der Waals surface area contributed by atoms with Crippen LogP contribution in [0.4, 0.5) is 11.4 Å². The Morgan fingerprint density at radius 2 is 1.75 bits per heavy atom. The Balaban J connectivity index is 2.06. The molecule has 0 spiro atoms. The zero-order chi connectivity index (χ0) is 17.0. The van der Waals surface area contributed by atoms with E-state index in [4.69, 9.17) is 0 Å². The lowest BCUT2D eigenvalue weighted by atomic mass is 10.1. The van der Waals surface area contributed by atoms with Crippen molar-refractivity contribution in [1.82, 2.24) is 0 Å². The molecule has 0 amide bonds. The SMILES string of the molecule is C=CCN(CC=C)c1ccc2c(c1)N=[S@](=O)(c1ccccc1)C=C2. The van der Waals surface area contributed by atoms with E-state index in [2.05, 4.69) is 22.4 Å². The van der Waals surface area contributed by atoms with Crippen molar-refractivity contribution in [2.75, 3.05) is 18.0 Å². The summed E-state index contributed by atoms with van der Waals surface area (Å²) < 4.78 is 17.8. The molecule has 3 nitrogen and oxygen atoms in total. The van der Waals surface area contributed by atoms with Crippen LogP contribution in [0.15, 0.2) is 88.5 Å². The summed E-state index contributed by atoms with van der Waals surface area (Å²) in [5.74, 6) is 0. The lowest BCUT2D eigenvalue weighted by Crippen LogP contribution is -2.22. The van der Waals surface area contributed by atoms with Gasteiger partial charge < -0.3 is 4.90 Å². The maximum absolute atomic E-state index is 13.2. The largest absolute Gasteiger partial charge is 0.364 e. The number of fused-ring (bicyclic) bond motifs is 1. The lowest BCUT2D eigenvalue weighted by Gasteiger charge is -2.23. The maximum Gasteiger partial charge on any atom is 0.102 e. The summed E-state index contributed by atoms with van der Waals surface area (Å²) >= 11 is 0. The smallest absolute Gasteiger partial charge is 0.102 e. The molecule has 0 radical (unpaired) electrons. The van der Waals surface area contributed by atoms with Crippen LogP contribution in [0.1, 0.15) is 5.56 Å². The third kappa shape index (κ3) is 3.19. The van der Waals surface area contributed by atoms with Gasteiger partial charge in [-0.1, -0.05) is 36.4 Å². The topological polar surface area (TPSA) is 32.7 Å². The summed E-state index contributed by atoms with van der Waals surface area (Å²) in [5.41, 5.74) is 2.75. The van der Waals surface area contributed by atoms with E-state index in [0.717, 1.165) is 21.8 Å². The minimum Gasteiger partial charge on any atom is -0.364 e. The van der Waals surface area contributed by atoms with Gasteiger partial charge in [-0.3, -0.25) is 0 Å². The maximum atomic E-state index is 13.2. The van der Waals surface area contributed by atoms with E-state index in [9.17, 15) is 4.21 Å². The first kappa shape index (κ1) is 16.3. The standard InChI is InChI=1S/C20H20N2OS/c1-3-13-22(14-4-2)18-11-10-17-12-15-24(23,21-20(17)16-18)19-8-6-5-7-9-19/h3-12,15-16H,1-2,13-14H2/t24-/m1/s1. The molecule has 24 heavy (non-hydrogen) atoms. The number of hydrogen-bond donors (Lipinski definition) is 0. The van der Waals surface area contributed by atoms with Crippen LogP contribution in [0.5, 0.6) is 0 Å². The van der Waals surface area contributed by atoms with Crippen molar-refractivity contribution < 1.29 is 4.21 Å². The van der Waals surface area contributed by atoms with Crippen molar-refractivity contribution in [2.24, 2.45) is 4.36 Å². The molecule has 0 aromatic heterocycles. The van der Waals surface area contributed by atoms with Crippen LogP contribution >= 0.6 is 0 Å². The zero-order valence-electron chi connectivity index (χ0n) is 13.5. The molecule has 2 aromatic carbocycles. The molecule has 3 rings (SSSR count). The van der Waals surface area contributed by atoms with Gasteiger partial charge in [-0.2, -0.15) is 4.36 Å². The number of rotatable bonds is 6. The van der Waals surface area contributed by atoms with Crippen molar-refractivity contribution in [3.63, 3.8) is 0 Å². The Morgan fingerprint density at radius 1 is 1.04 bits per heavy atom. The molecular formula is C20H20N2OS. The van der Waals surface area contributed by atoms with E-state index in [-0.39, 0.29) is 0 Å². The second-order valence-electron chi connectivity index (χ2n) is 5.50. The molecule has 2 aromatic rings. The van der Waals surface area contributed by atoms with E-state index < -0.39 is 9.73 Å².